The zero-order valence-electron chi connectivity index (χ0n) is 11.3. The fourth-order valence-corrected chi connectivity index (χ4v) is 3.00. The van der Waals surface area contributed by atoms with Crippen molar-refractivity contribution < 1.29 is 18.7 Å². The number of rotatable bonds is 6. The minimum Gasteiger partial charge on any atom is -0.380 e. The molecule has 1 unspecified atom stereocenters. The summed E-state index contributed by atoms with van der Waals surface area (Å²) >= 11 is 0. The standard InChI is InChI=1S/C13H21O4P/c1-10-5-7-12(8-6-10)11(2)9-13(14)18(15,16-3)17-4/h5-8,11,13-14H,9H2,1-4H3/t11-,13?/m0/s1. The molecule has 0 amide bonds. The first-order chi connectivity index (χ1) is 8.42. The molecule has 1 aromatic rings. The van der Waals surface area contributed by atoms with Crippen LogP contribution in [-0.2, 0) is 13.6 Å². The zero-order valence-corrected chi connectivity index (χ0v) is 12.2. The van der Waals surface area contributed by atoms with Crippen LogP contribution >= 0.6 is 7.60 Å². The van der Waals surface area contributed by atoms with E-state index in [1.165, 1.54) is 19.8 Å². The van der Waals surface area contributed by atoms with Gasteiger partial charge in [0.15, 0.2) is 5.85 Å². The van der Waals surface area contributed by atoms with Crippen LogP contribution in [0.25, 0.3) is 0 Å². The number of benzene rings is 1. The molecule has 0 aromatic heterocycles. The molecule has 0 aliphatic heterocycles. The first-order valence-corrected chi connectivity index (χ1v) is 7.50. The Labute approximate surface area is 108 Å². The molecule has 5 heteroatoms. The maximum atomic E-state index is 12.0. The summed E-state index contributed by atoms with van der Waals surface area (Å²) in [4.78, 5) is 0. The van der Waals surface area contributed by atoms with E-state index in [1.54, 1.807) is 0 Å². The van der Waals surface area contributed by atoms with Crippen molar-refractivity contribution in [2.45, 2.75) is 32.0 Å². The minimum absolute atomic E-state index is 0.0826. The topological polar surface area (TPSA) is 55.8 Å². The number of aryl methyl sites for hydroxylation is 1. The number of aliphatic hydroxyl groups is 1. The molecule has 0 aliphatic rings. The largest absolute Gasteiger partial charge is 0.380 e. The quantitative estimate of drug-likeness (QED) is 0.807. The second-order valence-electron chi connectivity index (χ2n) is 4.43. The van der Waals surface area contributed by atoms with Crippen molar-refractivity contribution in [1.82, 2.24) is 0 Å². The summed E-state index contributed by atoms with van der Waals surface area (Å²) < 4.78 is 21.6. The van der Waals surface area contributed by atoms with Gasteiger partial charge in [0.1, 0.15) is 0 Å². The fourth-order valence-electron chi connectivity index (χ4n) is 1.79. The van der Waals surface area contributed by atoms with E-state index in [2.05, 4.69) is 0 Å². The molecule has 1 N–H and O–H groups in total. The van der Waals surface area contributed by atoms with Gasteiger partial charge in [-0.3, -0.25) is 4.57 Å². The summed E-state index contributed by atoms with van der Waals surface area (Å²) in [5.74, 6) is -1.02. The Balaban J connectivity index is 2.73. The van der Waals surface area contributed by atoms with Crippen LogP contribution in [0.5, 0.6) is 0 Å². The maximum Gasteiger partial charge on any atom is 0.358 e. The lowest BCUT2D eigenvalue weighted by Crippen LogP contribution is -2.13. The average Bonchev–Trinajstić information content (AvgIpc) is 2.38. The van der Waals surface area contributed by atoms with Gasteiger partial charge in [0.05, 0.1) is 0 Å². The van der Waals surface area contributed by atoms with Gasteiger partial charge in [-0.05, 0) is 24.8 Å². The Hall–Kier alpha value is -0.670. The van der Waals surface area contributed by atoms with Crippen LogP contribution in [0, 0.1) is 6.92 Å². The lowest BCUT2D eigenvalue weighted by molar-refractivity contribution is 0.163. The molecular formula is C13H21O4P. The van der Waals surface area contributed by atoms with Gasteiger partial charge in [0.25, 0.3) is 0 Å². The highest BCUT2D eigenvalue weighted by Gasteiger charge is 2.33. The van der Waals surface area contributed by atoms with Crippen LogP contribution in [0.2, 0.25) is 0 Å². The SMILES string of the molecule is COP(=O)(OC)C(O)C[C@H](C)c1ccc(C)cc1. The van der Waals surface area contributed by atoms with E-state index in [9.17, 15) is 9.67 Å². The monoisotopic (exact) mass is 272 g/mol. The highest BCUT2D eigenvalue weighted by Crippen LogP contribution is 2.52. The summed E-state index contributed by atoms with van der Waals surface area (Å²) in [6.07, 6.45) is 0.335. The van der Waals surface area contributed by atoms with E-state index in [4.69, 9.17) is 9.05 Å². The van der Waals surface area contributed by atoms with E-state index in [-0.39, 0.29) is 5.92 Å². The van der Waals surface area contributed by atoms with Crippen molar-refractivity contribution >= 4 is 7.60 Å². The van der Waals surface area contributed by atoms with Crippen molar-refractivity contribution in [2.24, 2.45) is 0 Å². The molecule has 1 aromatic carbocycles. The highest BCUT2D eigenvalue weighted by molar-refractivity contribution is 7.54. The zero-order chi connectivity index (χ0) is 13.8. The van der Waals surface area contributed by atoms with Gasteiger partial charge in [-0.25, -0.2) is 0 Å². The molecular weight excluding hydrogens is 251 g/mol. The molecule has 0 spiro atoms. The van der Waals surface area contributed by atoms with E-state index in [0.29, 0.717) is 6.42 Å². The second-order valence-corrected chi connectivity index (χ2v) is 6.84. The van der Waals surface area contributed by atoms with Gasteiger partial charge in [-0.2, -0.15) is 0 Å². The highest BCUT2D eigenvalue weighted by atomic mass is 31.2. The van der Waals surface area contributed by atoms with E-state index in [1.807, 2.05) is 38.1 Å². The van der Waals surface area contributed by atoms with Crippen molar-refractivity contribution in [2.75, 3.05) is 14.2 Å². The predicted octanol–water partition coefficient (Wildman–Crippen LogP) is 3.29. The van der Waals surface area contributed by atoms with Crippen molar-refractivity contribution in [3.63, 3.8) is 0 Å². The van der Waals surface area contributed by atoms with Crippen LogP contribution in [0.4, 0.5) is 0 Å². The van der Waals surface area contributed by atoms with E-state index < -0.39 is 13.4 Å². The summed E-state index contributed by atoms with van der Waals surface area (Å²) in [7, 11) is -0.837. The average molecular weight is 272 g/mol. The molecule has 102 valence electrons. The third kappa shape index (κ3) is 3.66. The van der Waals surface area contributed by atoms with Crippen LogP contribution < -0.4 is 0 Å². The van der Waals surface area contributed by atoms with Gasteiger partial charge in [-0.15, -0.1) is 0 Å². The Morgan fingerprint density at radius 2 is 1.72 bits per heavy atom. The second kappa shape index (κ2) is 6.48. The van der Waals surface area contributed by atoms with Crippen molar-refractivity contribution in [3.8, 4) is 0 Å². The molecule has 0 fully saturated rings. The Morgan fingerprint density at radius 3 is 2.17 bits per heavy atom. The number of aliphatic hydroxyl groups excluding tert-OH is 1. The van der Waals surface area contributed by atoms with E-state index in [0.717, 1.165) is 5.56 Å². The maximum absolute atomic E-state index is 12.0. The number of hydrogen-bond donors (Lipinski definition) is 1. The third-order valence-corrected chi connectivity index (χ3v) is 5.04. The van der Waals surface area contributed by atoms with Gasteiger partial charge in [0, 0.05) is 14.2 Å². The molecule has 4 nitrogen and oxygen atoms in total. The van der Waals surface area contributed by atoms with Crippen molar-refractivity contribution in [1.29, 1.82) is 0 Å². The van der Waals surface area contributed by atoms with Crippen LogP contribution in [0.3, 0.4) is 0 Å². The number of hydrogen-bond acceptors (Lipinski definition) is 4. The van der Waals surface area contributed by atoms with Gasteiger partial charge >= 0.3 is 7.60 Å². The third-order valence-electron chi connectivity index (χ3n) is 3.08. The molecule has 18 heavy (non-hydrogen) atoms. The summed E-state index contributed by atoms with van der Waals surface area (Å²) in [5.41, 5.74) is 2.28. The lowest BCUT2D eigenvalue weighted by Gasteiger charge is -2.22. The normalized spacial score (nSPS) is 15.4. The lowest BCUT2D eigenvalue weighted by atomic mass is 9.97. The smallest absolute Gasteiger partial charge is 0.358 e. The molecule has 1 rings (SSSR count). The molecule has 0 bridgehead atoms. The Kier molecular flexibility index (Phi) is 5.54. The van der Waals surface area contributed by atoms with E-state index >= 15 is 0 Å². The van der Waals surface area contributed by atoms with Gasteiger partial charge in [-0.1, -0.05) is 36.8 Å². The summed E-state index contributed by atoms with van der Waals surface area (Å²) in [6.45, 7) is 4.00. The first-order valence-electron chi connectivity index (χ1n) is 5.88. The molecule has 0 radical (unpaired) electrons. The van der Waals surface area contributed by atoms with Crippen LogP contribution in [0.1, 0.15) is 30.4 Å². The minimum atomic E-state index is -3.40. The predicted molar refractivity (Wildman–Crippen MR) is 71.8 cm³/mol. The fraction of sp³-hybridized carbons (Fsp3) is 0.538. The Morgan fingerprint density at radius 1 is 1.22 bits per heavy atom. The van der Waals surface area contributed by atoms with Crippen molar-refractivity contribution in [3.05, 3.63) is 35.4 Å². The molecule has 0 saturated carbocycles. The molecule has 2 atom stereocenters. The first kappa shape index (κ1) is 15.4. The van der Waals surface area contributed by atoms with Gasteiger partial charge in [0.2, 0.25) is 0 Å². The summed E-state index contributed by atoms with van der Waals surface area (Å²) in [6, 6.07) is 8.06. The molecule has 0 saturated heterocycles. The van der Waals surface area contributed by atoms with Crippen LogP contribution in [-0.4, -0.2) is 25.2 Å². The summed E-state index contributed by atoms with van der Waals surface area (Å²) in [5, 5.41) is 9.94. The molecule has 0 aliphatic carbocycles. The Bertz CT molecular complexity index is 408. The van der Waals surface area contributed by atoms with Crippen LogP contribution in [0.15, 0.2) is 24.3 Å². The van der Waals surface area contributed by atoms with Gasteiger partial charge < -0.3 is 14.2 Å². The molecule has 0 heterocycles.